The summed E-state index contributed by atoms with van der Waals surface area (Å²) in [6.45, 7) is 0. The van der Waals surface area contributed by atoms with Gasteiger partial charge < -0.3 is 15.4 Å². The molecule has 0 spiro atoms. The molecular formula is C20H24N2O3. The third-order valence-electron chi connectivity index (χ3n) is 4.91. The number of aromatic amines is 1. The molecule has 0 saturated heterocycles. The smallest absolute Gasteiger partial charge is 0.305 e. The standard InChI is InChI=1S/C20H24N2O3/c23-18(22-20(14-19(24)25)12-4-5-13-20)11-9-16-8-10-17(21-16)15-6-2-1-3-7-15/h1-3,6-8,10,21H,4-5,9,11-14H2,(H,22,23)(H,24,25). The highest BCUT2D eigenvalue weighted by Gasteiger charge is 2.37. The Balaban J connectivity index is 1.55. The molecule has 0 bridgehead atoms. The Bertz CT molecular complexity index is 730. The van der Waals surface area contributed by atoms with Crippen molar-refractivity contribution in [3.05, 3.63) is 48.2 Å². The van der Waals surface area contributed by atoms with Gasteiger partial charge in [-0.2, -0.15) is 0 Å². The first-order valence-electron chi connectivity index (χ1n) is 8.82. The van der Waals surface area contributed by atoms with Crippen LogP contribution in [0.25, 0.3) is 11.3 Å². The van der Waals surface area contributed by atoms with Crippen LogP contribution >= 0.6 is 0 Å². The lowest BCUT2D eigenvalue weighted by Gasteiger charge is -2.28. The molecule has 1 fully saturated rings. The molecule has 132 valence electrons. The maximum atomic E-state index is 12.3. The van der Waals surface area contributed by atoms with E-state index in [4.69, 9.17) is 5.11 Å². The third-order valence-corrected chi connectivity index (χ3v) is 4.91. The monoisotopic (exact) mass is 340 g/mol. The second kappa shape index (κ2) is 7.55. The topological polar surface area (TPSA) is 82.2 Å². The van der Waals surface area contributed by atoms with Crippen molar-refractivity contribution in [1.82, 2.24) is 10.3 Å². The first kappa shape index (κ1) is 17.3. The molecule has 0 atom stereocenters. The average molecular weight is 340 g/mol. The molecular weight excluding hydrogens is 316 g/mol. The van der Waals surface area contributed by atoms with Crippen molar-refractivity contribution in [2.45, 2.75) is 50.5 Å². The lowest BCUT2D eigenvalue weighted by molar-refractivity contribution is -0.139. The van der Waals surface area contributed by atoms with Crippen molar-refractivity contribution in [3.63, 3.8) is 0 Å². The molecule has 5 heteroatoms. The highest BCUT2D eigenvalue weighted by atomic mass is 16.4. The van der Waals surface area contributed by atoms with Gasteiger partial charge in [0.15, 0.2) is 0 Å². The van der Waals surface area contributed by atoms with Crippen molar-refractivity contribution in [2.24, 2.45) is 0 Å². The van der Waals surface area contributed by atoms with Gasteiger partial charge >= 0.3 is 5.97 Å². The minimum Gasteiger partial charge on any atom is -0.481 e. The fourth-order valence-electron chi connectivity index (χ4n) is 3.67. The molecule has 0 radical (unpaired) electrons. The molecule has 2 aromatic rings. The Morgan fingerprint density at radius 3 is 2.48 bits per heavy atom. The van der Waals surface area contributed by atoms with Gasteiger partial charge in [0.05, 0.1) is 12.0 Å². The summed E-state index contributed by atoms with van der Waals surface area (Å²) in [5, 5.41) is 12.1. The van der Waals surface area contributed by atoms with Gasteiger partial charge in [0.1, 0.15) is 0 Å². The summed E-state index contributed by atoms with van der Waals surface area (Å²) in [5.74, 6) is -0.918. The van der Waals surface area contributed by atoms with Gasteiger partial charge in [0, 0.05) is 17.8 Å². The largest absolute Gasteiger partial charge is 0.481 e. The van der Waals surface area contributed by atoms with Crippen molar-refractivity contribution in [3.8, 4) is 11.3 Å². The minimum absolute atomic E-state index is 0.0133. The number of hydrogen-bond donors (Lipinski definition) is 3. The molecule has 0 aliphatic heterocycles. The van der Waals surface area contributed by atoms with Gasteiger partial charge in [-0.15, -0.1) is 0 Å². The second-order valence-electron chi connectivity index (χ2n) is 6.87. The Morgan fingerprint density at radius 1 is 1.08 bits per heavy atom. The van der Waals surface area contributed by atoms with E-state index in [1.807, 2.05) is 42.5 Å². The summed E-state index contributed by atoms with van der Waals surface area (Å²) in [7, 11) is 0. The summed E-state index contributed by atoms with van der Waals surface area (Å²) < 4.78 is 0. The Labute approximate surface area is 147 Å². The SMILES string of the molecule is O=C(O)CC1(NC(=O)CCc2ccc(-c3ccccc3)[nH]2)CCCC1. The van der Waals surface area contributed by atoms with E-state index in [1.165, 1.54) is 0 Å². The molecule has 1 aromatic heterocycles. The van der Waals surface area contributed by atoms with E-state index >= 15 is 0 Å². The maximum Gasteiger partial charge on any atom is 0.305 e. The Hall–Kier alpha value is -2.56. The van der Waals surface area contributed by atoms with Crippen LogP contribution in [0.15, 0.2) is 42.5 Å². The zero-order valence-electron chi connectivity index (χ0n) is 14.3. The number of hydrogen-bond acceptors (Lipinski definition) is 2. The second-order valence-corrected chi connectivity index (χ2v) is 6.87. The number of H-pyrrole nitrogens is 1. The number of aliphatic carboxylic acids is 1. The summed E-state index contributed by atoms with van der Waals surface area (Å²) >= 11 is 0. The summed E-state index contributed by atoms with van der Waals surface area (Å²) in [6.07, 6.45) is 4.45. The summed E-state index contributed by atoms with van der Waals surface area (Å²) in [5.41, 5.74) is 2.61. The van der Waals surface area contributed by atoms with E-state index in [0.717, 1.165) is 42.6 Å². The summed E-state index contributed by atoms with van der Waals surface area (Å²) in [4.78, 5) is 26.8. The van der Waals surface area contributed by atoms with Crippen molar-refractivity contribution >= 4 is 11.9 Å². The number of carbonyl (C=O) groups excluding carboxylic acids is 1. The van der Waals surface area contributed by atoms with E-state index in [2.05, 4.69) is 10.3 Å². The normalized spacial score (nSPS) is 15.8. The van der Waals surface area contributed by atoms with Gasteiger partial charge in [0.2, 0.25) is 5.91 Å². The first-order chi connectivity index (χ1) is 12.1. The number of amides is 1. The predicted molar refractivity (Wildman–Crippen MR) is 96.1 cm³/mol. The van der Waals surface area contributed by atoms with Gasteiger partial charge in [-0.25, -0.2) is 0 Å². The molecule has 3 N–H and O–H groups in total. The van der Waals surface area contributed by atoms with Gasteiger partial charge in [-0.3, -0.25) is 9.59 Å². The van der Waals surface area contributed by atoms with Crippen LogP contribution in [-0.2, 0) is 16.0 Å². The molecule has 1 aromatic carbocycles. The van der Waals surface area contributed by atoms with Crippen molar-refractivity contribution < 1.29 is 14.7 Å². The maximum absolute atomic E-state index is 12.3. The fourth-order valence-corrected chi connectivity index (χ4v) is 3.67. The van der Waals surface area contributed by atoms with Gasteiger partial charge in [0.25, 0.3) is 0 Å². The van der Waals surface area contributed by atoms with E-state index in [9.17, 15) is 9.59 Å². The number of aryl methyl sites for hydroxylation is 1. The lowest BCUT2D eigenvalue weighted by atomic mass is 9.93. The molecule has 25 heavy (non-hydrogen) atoms. The Kier molecular flexibility index (Phi) is 5.22. The number of nitrogens with one attached hydrogen (secondary N) is 2. The van der Waals surface area contributed by atoms with E-state index < -0.39 is 11.5 Å². The molecule has 0 unspecified atom stereocenters. The van der Waals surface area contributed by atoms with Crippen molar-refractivity contribution in [2.75, 3.05) is 0 Å². The van der Waals surface area contributed by atoms with Crippen LogP contribution in [0.3, 0.4) is 0 Å². The van der Waals surface area contributed by atoms with Crippen LogP contribution in [0, 0.1) is 0 Å². The quantitative estimate of drug-likeness (QED) is 0.721. The number of rotatable bonds is 7. The first-order valence-corrected chi connectivity index (χ1v) is 8.82. The fraction of sp³-hybridized carbons (Fsp3) is 0.400. The predicted octanol–water partition coefficient (Wildman–Crippen LogP) is 3.52. The third kappa shape index (κ3) is 4.50. The molecule has 5 nitrogen and oxygen atoms in total. The van der Waals surface area contributed by atoms with Gasteiger partial charge in [-0.1, -0.05) is 43.2 Å². The van der Waals surface area contributed by atoms with Crippen LogP contribution < -0.4 is 5.32 Å². The number of aromatic nitrogens is 1. The lowest BCUT2D eigenvalue weighted by Crippen LogP contribution is -2.47. The average Bonchev–Trinajstić information content (AvgIpc) is 3.23. The number of benzene rings is 1. The van der Waals surface area contributed by atoms with Crippen LogP contribution in [0.5, 0.6) is 0 Å². The van der Waals surface area contributed by atoms with Crippen LogP contribution in [-0.4, -0.2) is 27.5 Å². The Morgan fingerprint density at radius 2 is 1.80 bits per heavy atom. The van der Waals surface area contributed by atoms with E-state index in [1.54, 1.807) is 0 Å². The number of carbonyl (C=O) groups is 2. The van der Waals surface area contributed by atoms with Gasteiger partial charge in [-0.05, 0) is 37.0 Å². The number of carboxylic acids is 1. The highest BCUT2D eigenvalue weighted by molar-refractivity contribution is 5.78. The van der Waals surface area contributed by atoms with Crippen LogP contribution in [0.2, 0.25) is 0 Å². The summed E-state index contributed by atoms with van der Waals surface area (Å²) in [6, 6.07) is 14.1. The van der Waals surface area contributed by atoms with E-state index in [0.29, 0.717) is 12.8 Å². The molecule has 1 heterocycles. The molecule has 1 aliphatic rings. The zero-order chi connectivity index (χ0) is 17.7. The van der Waals surface area contributed by atoms with Crippen LogP contribution in [0.1, 0.15) is 44.2 Å². The van der Waals surface area contributed by atoms with Crippen LogP contribution in [0.4, 0.5) is 0 Å². The van der Waals surface area contributed by atoms with Crippen molar-refractivity contribution in [1.29, 1.82) is 0 Å². The molecule has 1 aliphatic carbocycles. The highest BCUT2D eigenvalue weighted by Crippen LogP contribution is 2.32. The van der Waals surface area contributed by atoms with E-state index in [-0.39, 0.29) is 12.3 Å². The zero-order valence-corrected chi connectivity index (χ0v) is 14.3. The minimum atomic E-state index is -0.848. The number of carboxylic acid groups (broad SMARTS) is 1. The molecule has 1 amide bonds. The molecule has 1 saturated carbocycles. The molecule has 3 rings (SSSR count).